The number of amides is 1. The number of benzene rings is 2. The number of rotatable bonds is 6. The summed E-state index contributed by atoms with van der Waals surface area (Å²) in [5, 5.41) is 2.18. The van der Waals surface area contributed by atoms with Crippen LogP contribution in [0, 0.1) is 11.6 Å². The number of carbonyl (C=O) groups is 2. The molecule has 0 fully saturated rings. The highest BCUT2D eigenvalue weighted by molar-refractivity contribution is 7.89. The monoisotopic (exact) mass is 382 g/mol. The molecule has 0 spiro atoms. The maximum atomic E-state index is 13.5. The van der Waals surface area contributed by atoms with Gasteiger partial charge in [-0.05, 0) is 31.2 Å². The smallest absolute Gasteiger partial charge is 0.243 e. The van der Waals surface area contributed by atoms with Crippen molar-refractivity contribution in [1.82, 2.24) is 4.31 Å². The van der Waals surface area contributed by atoms with Gasteiger partial charge in [0.15, 0.2) is 5.78 Å². The number of nitrogens with one attached hydrogen (secondary N) is 1. The van der Waals surface area contributed by atoms with Crippen molar-refractivity contribution in [2.24, 2.45) is 0 Å². The molecule has 0 atom stereocenters. The average molecular weight is 382 g/mol. The van der Waals surface area contributed by atoms with Gasteiger partial charge >= 0.3 is 0 Å². The van der Waals surface area contributed by atoms with Gasteiger partial charge < -0.3 is 5.32 Å². The summed E-state index contributed by atoms with van der Waals surface area (Å²) in [4.78, 5) is 23.1. The summed E-state index contributed by atoms with van der Waals surface area (Å²) in [6, 6.07) is 7.88. The quantitative estimate of drug-likeness (QED) is 0.778. The van der Waals surface area contributed by atoms with Crippen molar-refractivity contribution >= 4 is 27.4 Å². The SMILES string of the molecule is CC(=O)c1ccc(S(=O)(=O)N(C)CC(=O)Nc2ccc(F)cc2F)cc1. The van der Waals surface area contributed by atoms with Crippen LogP contribution in [-0.4, -0.2) is 38.0 Å². The van der Waals surface area contributed by atoms with Gasteiger partial charge in [-0.15, -0.1) is 0 Å². The van der Waals surface area contributed by atoms with E-state index in [1.807, 2.05) is 0 Å². The summed E-state index contributed by atoms with van der Waals surface area (Å²) in [6.45, 7) is 0.780. The molecule has 0 aliphatic rings. The van der Waals surface area contributed by atoms with E-state index in [4.69, 9.17) is 0 Å². The van der Waals surface area contributed by atoms with E-state index in [0.29, 0.717) is 11.6 Å². The standard InChI is InChI=1S/C17H16F2N2O4S/c1-11(22)12-3-6-14(7-4-12)26(24,25)21(2)10-17(23)20-16-8-5-13(18)9-15(16)19/h3-9H,10H2,1-2H3,(H,20,23). The third-order valence-corrected chi connectivity index (χ3v) is 5.36. The molecule has 2 aromatic rings. The fourth-order valence-corrected chi connectivity index (χ4v) is 3.24. The lowest BCUT2D eigenvalue weighted by Crippen LogP contribution is -2.35. The molecule has 1 N–H and O–H groups in total. The highest BCUT2D eigenvalue weighted by atomic mass is 32.2. The molecule has 0 heterocycles. The molecule has 0 saturated heterocycles. The van der Waals surface area contributed by atoms with Crippen LogP contribution < -0.4 is 5.32 Å². The van der Waals surface area contributed by atoms with Gasteiger partial charge in [0.1, 0.15) is 11.6 Å². The molecule has 2 aromatic carbocycles. The Morgan fingerprint density at radius 2 is 1.69 bits per heavy atom. The molecule has 0 aromatic heterocycles. The van der Waals surface area contributed by atoms with Gasteiger partial charge in [-0.1, -0.05) is 12.1 Å². The summed E-state index contributed by atoms with van der Waals surface area (Å²) in [5.74, 6) is -2.76. The Kier molecular flexibility index (Phi) is 5.83. The van der Waals surface area contributed by atoms with Crippen molar-refractivity contribution < 1.29 is 26.8 Å². The normalized spacial score (nSPS) is 11.4. The van der Waals surface area contributed by atoms with Crippen molar-refractivity contribution in [2.45, 2.75) is 11.8 Å². The number of nitrogens with zero attached hydrogens (tertiary/aromatic N) is 1. The van der Waals surface area contributed by atoms with Crippen LogP contribution in [0.2, 0.25) is 0 Å². The first-order valence-electron chi connectivity index (χ1n) is 7.43. The second-order valence-corrected chi connectivity index (χ2v) is 7.56. The first-order chi connectivity index (χ1) is 12.1. The van der Waals surface area contributed by atoms with Crippen molar-refractivity contribution in [3.8, 4) is 0 Å². The lowest BCUT2D eigenvalue weighted by molar-refractivity contribution is -0.116. The average Bonchev–Trinajstić information content (AvgIpc) is 2.57. The molecule has 0 unspecified atom stereocenters. The fraction of sp³-hybridized carbons (Fsp3) is 0.176. The van der Waals surface area contributed by atoms with Crippen LogP contribution in [0.25, 0.3) is 0 Å². The topological polar surface area (TPSA) is 83.6 Å². The first kappa shape index (κ1) is 19.7. The van der Waals surface area contributed by atoms with Gasteiger partial charge in [0.25, 0.3) is 0 Å². The van der Waals surface area contributed by atoms with E-state index < -0.39 is 34.1 Å². The summed E-state index contributed by atoms with van der Waals surface area (Å²) in [6.07, 6.45) is 0. The number of hydrogen-bond acceptors (Lipinski definition) is 4. The van der Waals surface area contributed by atoms with Gasteiger partial charge in [-0.3, -0.25) is 9.59 Å². The molecule has 9 heteroatoms. The molecule has 26 heavy (non-hydrogen) atoms. The number of hydrogen-bond donors (Lipinski definition) is 1. The zero-order valence-corrected chi connectivity index (χ0v) is 14.8. The number of halogens is 2. The van der Waals surface area contributed by atoms with Crippen LogP contribution in [0.15, 0.2) is 47.4 Å². The lowest BCUT2D eigenvalue weighted by Gasteiger charge is -2.17. The van der Waals surface area contributed by atoms with E-state index >= 15 is 0 Å². The zero-order chi connectivity index (χ0) is 19.5. The van der Waals surface area contributed by atoms with Crippen molar-refractivity contribution in [1.29, 1.82) is 0 Å². The second-order valence-electron chi connectivity index (χ2n) is 5.51. The maximum absolute atomic E-state index is 13.5. The van der Waals surface area contributed by atoms with Crippen LogP contribution in [0.1, 0.15) is 17.3 Å². The molecule has 0 bridgehead atoms. The van der Waals surface area contributed by atoms with Gasteiger partial charge in [-0.25, -0.2) is 17.2 Å². The number of sulfonamides is 1. The molecule has 0 aliphatic carbocycles. The van der Waals surface area contributed by atoms with Crippen LogP contribution in [0.5, 0.6) is 0 Å². The predicted molar refractivity (Wildman–Crippen MR) is 91.3 cm³/mol. The highest BCUT2D eigenvalue weighted by Gasteiger charge is 2.23. The van der Waals surface area contributed by atoms with Crippen LogP contribution in [0.3, 0.4) is 0 Å². The molecular weight excluding hydrogens is 366 g/mol. The predicted octanol–water partition coefficient (Wildman–Crippen LogP) is 2.43. The minimum atomic E-state index is -3.98. The van der Waals surface area contributed by atoms with E-state index in [1.165, 1.54) is 38.2 Å². The van der Waals surface area contributed by atoms with Crippen molar-refractivity contribution in [2.75, 3.05) is 18.9 Å². The minimum Gasteiger partial charge on any atom is -0.322 e. The van der Waals surface area contributed by atoms with Crippen molar-refractivity contribution in [3.05, 3.63) is 59.7 Å². The number of anilines is 1. The molecule has 2 rings (SSSR count). The Morgan fingerprint density at radius 3 is 2.23 bits per heavy atom. The molecule has 0 radical (unpaired) electrons. The molecule has 0 saturated carbocycles. The lowest BCUT2D eigenvalue weighted by atomic mass is 10.2. The molecule has 0 aliphatic heterocycles. The zero-order valence-electron chi connectivity index (χ0n) is 14.0. The number of ketones is 1. The number of Topliss-reactive ketones (excluding diaryl/α,β-unsaturated/α-hetero) is 1. The Hall–Kier alpha value is -2.65. The second kappa shape index (κ2) is 7.71. The summed E-state index contributed by atoms with van der Waals surface area (Å²) < 4.78 is 52.1. The Bertz CT molecular complexity index is 944. The van der Waals surface area contributed by atoms with Gasteiger partial charge in [-0.2, -0.15) is 4.31 Å². The molecule has 138 valence electrons. The third kappa shape index (κ3) is 4.50. The molecular formula is C17H16F2N2O4S. The minimum absolute atomic E-state index is 0.0919. The van der Waals surface area contributed by atoms with Gasteiger partial charge in [0.05, 0.1) is 17.1 Å². The maximum Gasteiger partial charge on any atom is 0.243 e. The van der Waals surface area contributed by atoms with Gasteiger partial charge in [0.2, 0.25) is 15.9 Å². The number of carbonyl (C=O) groups excluding carboxylic acids is 2. The van der Waals surface area contributed by atoms with Crippen LogP contribution in [0.4, 0.5) is 14.5 Å². The van der Waals surface area contributed by atoms with E-state index in [0.717, 1.165) is 16.4 Å². The van der Waals surface area contributed by atoms with Crippen LogP contribution in [-0.2, 0) is 14.8 Å². The van der Waals surface area contributed by atoms with E-state index in [2.05, 4.69) is 5.32 Å². The fourth-order valence-electron chi connectivity index (χ4n) is 2.11. The number of likely N-dealkylation sites (N-methyl/N-ethyl adjacent to an activating group) is 1. The Labute approximate surface area is 149 Å². The van der Waals surface area contributed by atoms with E-state index in [-0.39, 0.29) is 16.4 Å². The van der Waals surface area contributed by atoms with Crippen LogP contribution >= 0.6 is 0 Å². The Morgan fingerprint density at radius 1 is 1.08 bits per heavy atom. The Balaban J connectivity index is 2.10. The summed E-state index contributed by atoms with van der Waals surface area (Å²) >= 11 is 0. The van der Waals surface area contributed by atoms with Crippen molar-refractivity contribution in [3.63, 3.8) is 0 Å². The largest absolute Gasteiger partial charge is 0.322 e. The van der Waals surface area contributed by atoms with Gasteiger partial charge in [0, 0.05) is 18.7 Å². The first-order valence-corrected chi connectivity index (χ1v) is 8.87. The molecule has 1 amide bonds. The third-order valence-electron chi connectivity index (χ3n) is 3.54. The molecule has 6 nitrogen and oxygen atoms in total. The summed E-state index contributed by atoms with van der Waals surface area (Å²) in [7, 11) is -2.79. The van der Waals surface area contributed by atoms with E-state index in [9.17, 15) is 26.8 Å². The van der Waals surface area contributed by atoms with E-state index in [1.54, 1.807) is 0 Å². The highest BCUT2D eigenvalue weighted by Crippen LogP contribution is 2.17. The summed E-state index contributed by atoms with van der Waals surface area (Å²) in [5.41, 5.74) is 0.101.